The average molecular weight is 305 g/mol. The molecule has 1 aliphatic rings. The van der Waals surface area contributed by atoms with Crippen LogP contribution in [0.15, 0.2) is 0 Å². The fourth-order valence-electron chi connectivity index (χ4n) is 2.69. The van der Waals surface area contributed by atoms with Gasteiger partial charge < -0.3 is 0 Å². The van der Waals surface area contributed by atoms with Crippen molar-refractivity contribution in [2.45, 2.75) is 58.6 Å². The topological polar surface area (TPSA) is 15.7 Å². The molecule has 0 saturated carbocycles. The molecule has 0 aliphatic carbocycles. The summed E-state index contributed by atoms with van der Waals surface area (Å²) in [5.74, 6) is 0. The van der Waals surface area contributed by atoms with Crippen LogP contribution >= 0.6 is 0 Å². The molecule has 1 aliphatic heterocycles. The first-order valence-electron chi connectivity index (χ1n) is 7.41. The van der Waals surface area contributed by atoms with Crippen molar-refractivity contribution in [1.29, 1.82) is 0 Å². The van der Waals surface area contributed by atoms with Crippen molar-refractivity contribution in [3.8, 4) is 0 Å². The van der Waals surface area contributed by atoms with Crippen molar-refractivity contribution >= 4 is 4.73 Å². The normalized spacial score (nSPS) is 25.1. The molecule has 4 heteroatoms. The minimum absolute atomic E-state index is 0.368. The molecule has 0 aromatic heterocycles. The standard InChI is InChI=1S/C15H30N2O.V/c1-13-11-14(18-16(5)6)12-17(13)10-8-7-9-15(2,3)4;/h2,13-14H,7-12H2,1,3-6H3;/t13-,14+;/m1./s1. The van der Waals surface area contributed by atoms with Crippen molar-refractivity contribution in [1.82, 2.24) is 9.96 Å². The number of hydrogen-bond donors (Lipinski definition) is 0. The number of unbranched alkanes of at least 4 members (excludes halogenated alkanes) is 1. The summed E-state index contributed by atoms with van der Waals surface area (Å²) in [5, 5.41) is 1.83. The van der Waals surface area contributed by atoms with E-state index >= 15 is 0 Å². The molecule has 0 radical (unpaired) electrons. The van der Waals surface area contributed by atoms with Gasteiger partial charge in [-0.1, -0.05) is 0 Å². The molecule has 0 amide bonds. The fourth-order valence-corrected chi connectivity index (χ4v) is 2.89. The van der Waals surface area contributed by atoms with Crippen LogP contribution in [-0.4, -0.2) is 54.0 Å². The Morgan fingerprint density at radius 3 is 2.63 bits per heavy atom. The molecule has 1 rings (SSSR count). The first kappa shape index (κ1) is 17.4. The van der Waals surface area contributed by atoms with Crippen LogP contribution in [0.25, 0.3) is 0 Å². The van der Waals surface area contributed by atoms with E-state index in [2.05, 4.69) is 47.4 Å². The van der Waals surface area contributed by atoms with Crippen molar-refractivity contribution in [2.75, 3.05) is 27.2 Å². The Hall–Kier alpha value is 0.334. The van der Waals surface area contributed by atoms with Crippen molar-refractivity contribution in [3.63, 3.8) is 0 Å². The van der Waals surface area contributed by atoms with Gasteiger partial charge in [0.2, 0.25) is 0 Å². The van der Waals surface area contributed by atoms with E-state index in [0.717, 1.165) is 13.0 Å². The number of rotatable bonds is 8. The third kappa shape index (κ3) is 6.55. The fraction of sp³-hybridized carbons (Fsp3) is 0.933. The third-order valence-electron chi connectivity index (χ3n) is 3.89. The van der Waals surface area contributed by atoms with Gasteiger partial charge in [-0.05, 0) is 0 Å². The van der Waals surface area contributed by atoms with Gasteiger partial charge in [0, 0.05) is 0 Å². The van der Waals surface area contributed by atoms with Gasteiger partial charge in [0.05, 0.1) is 0 Å². The van der Waals surface area contributed by atoms with Gasteiger partial charge in [0.15, 0.2) is 0 Å². The predicted octanol–water partition coefficient (Wildman–Crippen LogP) is 2.49. The number of nitrogens with zero attached hydrogens (tertiary/aromatic N) is 2. The maximum absolute atomic E-state index is 5.77. The molecule has 0 spiro atoms. The summed E-state index contributed by atoms with van der Waals surface area (Å²) in [6, 6.07) is 0.660. The van der Waals surface area contributed by atoms with Gasteiger partial charge >= 0.3 is 128 Å². The molecule has 2 atom stereocenters. The van der Waals surface area contributed by atoms with Crippen LogP contribution in [0.2, 0.25) is 0 Å². The molecule has 1 fully saturated rings. The van der Waals surface area contributed by atoms with Gasteiger partial charge in [-0.2, -0.15) is 0 Å². The summed E-state index contributed by atoms with van der Waals surface area (Å²) < 4.78 is 2.26. The second-order valence-electron chi connectivity index (χ2n) is 6.69. The number of hydroxylamine groups is 2. The number of likely N-dealkylation sites (tertiary alicyclic amines) is 1. The first-order chi connectivity index (χ1) is 8.84. The van der Waals surface area contributed by atoms with Crippen LogP contribution in [0.5, 0.6) is 0 Å². The monoisotopic (exact) mass is 305 g/mol. The molecule has 0 unspecified atom stereocenters. The Labute approximate surface area is 128 Å². The van der Waals surface area contributed by atoms with Crippen LogP contribution in [0.1, 0.15) is 46.5 Å². The van der Waals surface area contributed by atoms with E-state index in [-0.39, 0.29) is 0 Å². The van der Waals surface area contributed by atoms with Crippen LogP contribution in [-0.2, 0) is 21.8 Å². The van der Waals surface area contributed by atoms with Crippen molar-refractivity contribution in [3.05, 3.63) is 0 Å². The van der Waals surface area contributed by atoms with Crippen LogP contribution in [0.3, 0.4) is 0 Å². The van der Waals surface area contributed by atoms with Gasteiger partial charge in [-0.25, -0.2) is 0 Å². The van der Waals surface area contributed by atoms with Gasteiger partial charge in [0.25, 0.3) is 0 Å². The SMILES string of the molecule is C[C@@H]1C[C@H](ON(C)C)CN1CCCCC(C)(C)[CH]=[V]. The average Bonchev–Trinajstić information content (AvgIpc) is 2.64. The molecule has 3 nitrogen and oxygen atoms in total. The van der Waals surface area contributed by atoms with Crippen LogP contribution in [0.4, 0.5) is 0 Å². The summed E-state index contributed by atoms with van der Waals surface area (Å²) in [5.41, 5.74) is 0.368. The summed E-state index contributed by atoms with van der Waals surface area (Å²) in [6.07, 6.45) is 5.42. The first-order valence-corrected chi connectivity index (χ1v) is 8.21. The number of hydrogen-bond acceptors (Lipinski definition) is 3. The summed E-state index contributed by atoms with van der Waals surface area (Å²) in [6.45, 7) is 9.23. The Morgan fingerprint density at radius 1 is 1.37 bits per heavy atom. The van der Waals surface area contributed by atoms with Crippen LogP contribution in [0, 0.1) is 5.41 Å². The summed E-state index contributed by atoms with van der Waals surface area (Å²) >= 11 is 2.61. The van der Waals surface area contributed by atoms with E-state index in [1.54, 1.807) is 0 Å². The molecule has 19 heavy (non-hydrogen) atoms. The Morgan fingerprint density at radius 2 is 2.05 bits per heavy atom. The summed E-state index contributed by atoms with van der Waals surface area (Å²) in [4.78, 5) is 8.35. The third-order valence-corrected chi connectivity index (χ3v) is 4.98. The Balaban J connectivity index is 2.21. The zero-order chi connectivity index (χ0) is 14.5. The van der Waals surface area contributed by atoms with Gasteiger partial charge in [-0.15, -0.1) is 0 Å². The second kappa shape index (κ2) is 7.94. The minimum atomic E-state index is 0.368. The summed E-state index contributed by atoms with van der Waals surface area (Å²) in [7, 11) is 3.93. The Kier molecular flexibility index (Phi) is 7.27. The van der Waals surface area contributed by atoms with E-state index in [4.69, 9.17) is 4.84 Å². The zero-order valence-electron chi connectivity index (χ0n) is 13.2. The van der Waals surface area contributed by atoms with Gasteiger partial charge in [0.1, 0.15) is 0 Å². The van der Waals surface area contributed by atoms with Gasteiger partial charge in [-0.3, -0.25) is 0 Å². The second-order valence-corrected chi connectivity index (χ2v) is 7.10. The van der Waals surface area contributed by atoms with E-state index < -0.39 is 0 Å². The molecule has 0 aromatic rings. The maximum atomic E-state index is 5.77. The molecule has 0 N–H and O–H groups in total. The van der Waals surface area contributed by atoms with Crippen molar-refractivity contribution in [2.24, 2.45) is 5.41 Å². The van der Waals surface area contributed by atoms with E-state index in [1.165, 1.54) is 25.8 Å². The zero-order valence-corrected chi connectivity index (χ0v) is 14.6. The molecule has 1 saturated heterocycles. The van der Waals surface area contributed by atoms with Crippen molar-refractivity contribution < 1.29 is 21.8 Å². The molecule has 1 heterocycles. The van der Waals surface area contributed by atoms with E-state index in [9.17, 15) is 0 Å². The quantitative estimate of drug-likeness (QED) is 0.506. The van der Waals surface area contributed by atoms with E-state index in [1.807, 2.05) is 19.2 Å². The molecular formula is C15H30N2OV. The molecular weight excluding hydrogens is 275 g/mol. The molecule has 0 bridgehead atoms. The Bertz CT molecular complexity index is 281. The molecule has 111 valence electrons. The van der Waals surface area contributed by atoms with E-state index in [0.29, 0.717) is 17.6 Å². The van der Waals surface area contributed by atoms with Crippen LogP contribution < -0.4 is 0 Å². The predicted molar refractivity (Wildman–Crippen MR) is 77.9 cm³/mol. The molecule has 0 aromatic carbocycles.